The van der Waals surface area contributed by atoms with Crippen LogP contribution in [0.15, 0.2) is 35.9 Å². The zero-order chi connectivity index (χ0) is 9.97. The van der Waals surface area contributed by atoms with E-state index in [0.717, 1.165) is 11.1 Å². The molecule has 2 nitrogen and oxygen atoms in total. The van der Waals surface area contributed by atoms with Gasteiger partial charge in [0, 0.05) is 0 Å². The molecule has 0 saturated carbocycles. The minimum absolute atomic E-state index is 0.0250. The predicted octanol–water partition coefficient (Wildman–Crippen LogP) is 1.99. The Balaban J connectivity index is 2.21. The van der Waals surface area contributed by atoms with Gasteiger partial charge in [0.15, 0.2) is 0 Å². The van der Waals surface area contributed by atoms with Crippen molar-refractivity contribution in [2.75, 3.05) is 13.2 Å². The first kappa shape index (κ1) is 9.44. The van der Waals surface area contributed by atoms with Gasteiger partial charge in [0.1, 0.15) is 6.10 Å². The Kier molecular flexibility index (Phi) is 2.66. The minimum Gasteiger partial charge on any atom is -0.392 e. The zero-order valence-electron chi connectivity index (χ0n) is 8.23. The van der Waals surface area contributed by atoms with Crippen LogP contribution in [0.3, 0.4) is 0 Å². The molecule has 1 heterocycles. The molecular formula is C12H14O2. The Bertz CT molecular complexity index is 355. The average Bonchev–Trinajstić information content (AvgIpc) is 2.66. The molecule has 1 aromatic rings. The van der Waals surface area contributed by atoms with Crippen LogP contribution < -0.4 is 0 Å². The van der Waals surface area contributed by atoms with E-state index in [1.54, 1.807) is 0 Å². The fourth-order valence-electron chi connectivity index (χ4n) is 1.65. The number of hydrogen-bond donors (Lipinski definition) is 1. The first-order valence-electron chi connectivity index (χ1n) is 4.78. The second-order valence-electron chi connectivity index (χ2n) is 3.63. The van der Waals surface area contributed by atoms with Gasteiger partial charge in [0.05, 0.1) is 13.2 Å². The van der Waals surface area contributed by atoms with E-state index in [1.807, 2.05) is 12.1 Å². The SMILES string of the molecule is Cc1cccc([C@H]2C=C(CO)CO2)c1. The first-order chi connectivity index (χ1) is 6.79. The molecule has 1 aromatic carbocycles. The minimum atomic E-state index is 0.0250. The Morgan fingerprint density at radius 2 is 2.36 bits per heavy atom. The monoisotopic (exact) mass is 190 g/mol. The van der Waals surface area contributed by atoms with E-state index < -0.39 is 0 Å². The molecule has 74 valence electrons. The third-order valence-electron chi connectivity index (χ3n) is 2.41. The van der Waals surface area contributed by atoms with Crippen molar-refractivity contribution in [2.45, 2.75) is 13.0 Å². The van der Waals surface area contributed by atoms with Gasteiger partial charge in [-0.15, -0.1) is 0 Å². The van der Waals surface area contributed by atoms with Crippen LogP contribution in [-0.4, -0.2) is 18.3 Å². The van der Waals surface area contributed by atoms with E-state index in [2.05, 4.69) is 25.1 Å². The van der Waals surface area contributed by atoms with Gasteiger partial charge in [-0.25, -0.2) is 0 Å². The number of benzene rings is 1. The largest absolute Gasteiger partial charge is 0.392 e. The molecule has 0 bridgehead atoms. The number of aliphatic hydroxyl groups excluding tert-OH is 1. The smallest absolute Gasteiger partial charge is 0.102 e. The Morgan fingerprint density at radius 3 is 3.00 bits per heavy atom. The van der Waals surface area contributed by atoms with Crippen LogP contribution in [0.25, 0.3) is 0 Å². The molecule has 1 aliphatic rings. The molecule has 0 amide bonds. The van der Waals surface area contributed by atoms with E-state index in [9.17, 15) is 0 Å². The maximum Gasteiger partial charge on any atom is 0.102 e. The van der Waals surface area contributed by atoms with Crippen molar-refractivity contribution in [3.8, 4) is 0 Å². The van der Waals surface area contributed by atoms with Gasteiger partial charge in [-0.05, 0) is 24.1 Å². The summed E-state index contributed by atoms with van der Waals surface area (Å²) < 4.78 is 5.54. The van der Waals surface area contributed by atoms with Crippen molar-refractivity contribution in [3.63, 3.8) is 0 Å². The van der Waals surface area contributed by atoms with Crippen molar-refractivity contribution in [3.05, 3.63) is 47.0 Å². The molecule has 0 radical (unpaired) electrons. The molecular weight excluding hydrogens is 176 g/mol. The van der Waals surface area contributed by atoms with Crippen LogP contribution in [0.4, 0.5) is 0 Å². The van der Waals surface area contributed by atoms with E-state index in [1.165, 1.54) is 5.56 Å². The molecule has 0 saturated heterocycles. The lowest BCUT2D eigenvalue weighted by Crippen LogP contribution is -1.96. The van der Waals surface area contributed by atoms with Gasteiger partial charge in [0.2, 0.25) is 0 Å². The maximum absolute atomic E-state index is 8.94. The summed E-state index contributed by atoms with van der Waals surface area (Å²) in [7, 11) is 0. The van der Waals surface area contributed by atoms with Gasteiger partial charge in [-0.3, -0.25) is 0 Å². The molecule has 0 unspecified atom stereocenters. The maximum atomic E-state index is 8.94. The standard InChI is InChI=1S/C12H14O2/c1-9-3-2-4-11(5-9)12-6-10(7-13)8-14-12/h2-6,12-13H,7-8H2,1H3/t12-/m1/s1. The van der Waals surface area contributed by atoms with E-state index >= 15 is 0 Å². The van der Waals surface area contributed by atoms with Crippen LogP contribution in [0.5, 0.6) is 0 Å². The summed E-state index contributed by atoms with van der Waals surface area (Å²) in [6, 6.07) is 8.25. The zero-order valence-corrected chi connectivity index (χ0v) is 8.23. The quantitative estimate of drug-likeness (QED) is 0.723. The fourth-order valence-corrected chi connectivity index (χ4v) is 1.65. The molecule has 0 aliphatic carbocycles. The van der Waals surface area contributed by atoms with E-state index in [0.29, 0.717) is 6.61 Å². The van der Waals surface area contributed by atoms with Crippen molar-refractivity contribution in [2.24, 2.45) is 0 Å². The average molecular weight is 190 g/mol. The van der Waals surface area contributed by atoms with E-state index in [-0.39, 0.29) is 12.7 Å². The summed E-state index contributed by atoms with van der Waals surface area (Å²) in [6.07, 6.45) is 2.02. The molecule has 1 aliphatic heterocycles. The van der Waals surface area contributed by atoms with Crippen molar-refractivity contribution in [1.29, 1.82) is 0 Å². The normalized spacial score (nSPS) is 21.0. The lowest BCUT2D eigenvalue weighted by Gasteiger charge is -2.08. The second kappa shape index (κ2) is 3.95. The highest BCUT2D eigenvalue weighted by atomic mass is 16.5. The molecule has 14 heavy (non-hydrogen) atoms. The van der Waals surface area contributed by atoms with Crippen molar-refractivity contribution in [1.82, 2.24) is 0 Å². The fraction of sp³-hybridized carbons (Fsp3) is 0.333. The lowest BCUT2D eigenvalue weighted by atomic mass is 10.1. The number of aryl methyl sites for hydroxylation is 1. The first-order valence-corrected chi connectivity index (χ1v) is 4.78. The Labute approximate surface area is 83.8 Å². The summed E-state index contributed by atoms with van der Waals surface area (Å²) in [5.41, 5.74) is 3.36. The summed E-state index contributed by atoms with van der Waals surface area (Å²) in [6.45, 7) is 2.71. The highest BCUT2D eigenvalue weighted by Gasteiger charge is 2.17. The highest BCUT2D eigenvalue weighted by Crippen LogP contribution is 2.26. The summed E-state index contributed by atoms with van der Waals surface area (Å²) in [5.74, 6) is 0. The van der Waals surface area contributed by atoms with Gasteiger partial charge < -0.3 is 9.84 Å². The van der Waals surface area contributed by atoms with Gasteiger partial charge in [-0.2, -0.15) is 0 Å². The van der Waals surface area contributed by atoms with Crippen LogP contribution in [0.2, 0.25) is 0 Å². The third kappa shape index (κ3) is 1.86. The van der Waals surface area contributed by atoms with Crippen molar-refractivity contribution < 1.29 is 9.84 Å². The van der Waals surface area contributed by atoms with Crippen LogP contribution >= 0.6 is 0 Å². The molecule has 0 aromatic heterocycles. The van der Waals surface area contributed by atoms with Gasteiger partial charge >= 0.3 is 0 Å². The molecule has 1 N–H and O–H groups in total. The molecule has 0 fully saturated rings. The summed E-state index contributed by atoms with van der Waals surface area (Å²) in [4.78, 5) is 0. The van der Waals surface area contributed by atoms with Gasteiger partial charge in [0.25, 0.3) is 0 Å². The number of rotatable bonds is 2. The highest BCUT2D eigenvalue weighted by molar-refractivity contribution is 5.29. The summed E-state index contributed by atoms with van der Waals surface area (Å²) >= 11 is 0. The molecule has 0 spiro atoms. The molecule has 2 rings (SSSR count). The van der Waals surface area contributed by atoms with Crippen LogP contribution in [-0.2, 0) is 4.74 Å². The van der Waals surface area contributed by atoms with Crippen LogP contribution in [0, 0.1) is 6.92 Å². The van der Waals surface area contributed by atoms with Crippen molar-refractivity contribution >= 4 is 0 Å². The third-order valence-corrected chi connectivity index (χ3v) is 2.41. The number of aliphatic hydroxyl groups is 1. The second-order valence-corrected chi connectivity index (χ2v) is 3.63. The molecule has 2 heteroatoms. The number of ether oxygens (including phenoxy) is 1. The Hall–Kier alpha value is -1.12. The predicted molar refractivity (Wildman–Crippen MR) is 55.0 cm³/mol. The molecule has 1 atom stereocenters. The Morgan fingerprint density at radius 1 is 1.50 bits per heavy atom. The lowest BCUT2D eigenvalue weighted by molar-refractivity contribution is 0.123. The number of hydrogen-bond acceptors (Lipinski definition) is 2. The van der Waals surface area contributed by atoms with Gasteiger partial charge in [-0.1, -0.05) is 29.8 Å². The van der Waals surface area contributed by atoms with E-state index in [4.69, 9.17) is 9.84 Å². The summed E-state index contributed by atoms with van der Waals surface area (Å²) in [5, 5.41) is 8.94. The topological polar surface area (TPSA) is 29.5 Å². The van der Waals surface area contributed by atoms with Crippen LogP contribution in [0.1, 0.15) is 17.2 Å².